The molecule has 0 aliphatic carbocycles. The molecular formula is C6H9N2O5P. The fourth-order valence-electron chi connectivity index (χ4n) is 0.620. The second kappa shape index (κ2) is 4.90. The Hall–Kier alpha value is -1.17. The van der Waals surface area contributed by atoms with Crippen LogP contribution in [0, 0.1) is 0 Å². The number of rotatable bonds is 1. The van der Waals surface area contributed by atoms with Crippen LogP contribution < -0.4 is 5.44 Å². The molecule has 14 heavy (non-hydrogen) atoms. The average Bonchev–Trinajstić information content (AvgIpc) is 2.80. The third-order valence-corrected chi connectivity index (χ3v) is 2.04. The largest absolute Gasteiger partial charge is 0.396 e. The van der Waals surface area contributed by atoms with Crippen molar-refractivity contribution < 1.29 is 23.7 Å². The molecule has 8 heteroatoms. The third-order valence-electron chi connectivity index (χ3n) is 1.21. The van der Waals surface area contributed by atoms with E-state index >= 15 is 0 Å². The van der Waals surface area contributed by atoms with Gasteiger partial charge >= 0.3 is 7.60 Å². The standard InChI is InChI=1S/C3H4NO4P.C3H5NO/c5-9(6,7)3-1-2-8-4-3;1-2-4-5-3-1/h1-2H,(H2,5,6,7);2H,1,3H2. The normalized spacial score (nSPS) is 14.4. The molecule has 0 radical (unpaired) electrons. The van der Waals surface area contributed by atoms with Gasteiger partial charge < -0.3 is 19.1 Å². The fraction of sp³-hybridized carbons (Fsp3) is 0.333. The van der Waals surface area contributed by atoms with Crippen LogP contribution in [0.15, 0.2) is 22.0 Å². The van der Waals surface area contributed by atoms with E-state index in [1.54, 1.807) is 6.21 Å². The molecule has 1 aromatic rings. The molecule has 0 saturated heterocycles. The zero-order valence-electron chi connectivity index (χ0n) is 7.11. The van der Waals surface area contributed by atoms with E-state index < -0.39 is 7.60 Å². The summed E-state index contributed by atoms with van der Waals surface area (Å²) in [4.78, 5) is 21.2. The van der Waals surface area contributed by atoms with Gasteiger partial charge in [-0.15, -0.1) is 0 Å². The van der Waals surface area contributed by atoms with Gasteiger partial charge in [0.05, 0.1) is 0 Å². The Kier molecular flexibility index (Phi) is 3.82. The summed E-state index contributed by atoms with van der Waals surface area (Å²) >= 11 is 0. The van der Waals surface area contributed by atoms with Gasteiger partial charge in [-0.1, -0.05) is 10.3 Å². The van der Waals surface area contributed by atoms with Crippen LogP contribution in [-0.4, -0.2) is 27.8 Å². The maximum Gasteiger partial charge on any atom is 0.377 e. The van der Waals surface area contributed by atoms with Gasteiger partial charge in [0.2, 0.25) is 0 Å². The summed E-state index contributed by atoms with van der Waals surface area (Å²) in [6.07, 6.45) is 3.86. The van der Waals surface area contributed by atoms with Gasteiger partial charge in [0.15, 0.2) is 5.44 Å². The van der Waals surface area contributed by atoms with Crippen molar-refractivity contribution in [3.63, 3.8) is 0 Å². The van der Waals surface area contributed by atoms with Gasteiger partial charge in [-0.3, -0.25) is 4.57 Å². The fourth-order valence-corrected chi connectivity index (χ4v) is 1.03. The molecule has 0 spiro atoms. The molecule has 2 N–H and O–H groups in total. The molecule has 0 amide bonds. The summed E-state index contributed by atoms with van der Waals surface area (Å²) in [6.45, 7) is 0.778. The van der Waals surface area contributed by atoms with Crippen LogP contribution in [0.1, 0.15) is 6.42 Å². The first-order valence-corrected chi connectivity index (χ1v) is 5.32. The number of hydrogen-bond donors (Lipinski definition) is 2. The van der Waals surface area contributed by atoms with Crippen molar-refractivity contribution >= 4 is 19.2 Å². The Morgan fingerprint density at radius 3 is 2.50 bits per heavy atom. The molecule has 0 saturated carbocycles. The van der Waals surface area contributed by atoms with Gasteiger partial charge in [-0.2, -0.15) is 0 Å². The monoisotopic (exact) mass is 220 g/mol. The van der Waals surface area contributed by atoms with Gasteiger partial charge in [-0.25, -0.2) is 0 Å². The minimum absolute atomic E-state index is 0.331. The lowest BCUT2D eigenvalue weighted by atomic mass is 10.5. The minimum Gasteiger partial charge on any atom is -0.396 e. The average molecular weight is 220 g/mol. The molecule has 0 aromatic carbocycles. The summed E-state index contributed by atoms with van der Waals surface area (Å²) < 4.78 is 14.5. The van der Waals surface area contributed by atoms with Crippen LogP contribution >= 0.6 is 7.60 Å². The summed E-state index contributed by atoms with van der Waals surface area (Å²) in [5.74, 6) is 0. The zero-order valence-corrected chi connectivity index (χ0v) is 8.00. The van der Waals surface area contributed by atoms with E-state index in [2.05, 4.69) is 19.7 Å². The summed E-state index contributed by atoms with van der Waals surface area (Å²) in [7, 11) is -4.18. The summed E-state index contributed by atoms with van der Waals surface area (Å²) in [6, 6.07) is 1.13. The molecule has 7 nitrogen and oxygen atoms in total. The van der Waals surface area contributed by atoms with Crippen molar-refractivity contribution in [3.05, 3.63) is 12.3 Å². The Morgan fingerprint density at radius 2 is 2.29 bits per heavy atom. The number of hydrogen-bond acceptors (Lipinski definition) is 5. The van der Waals surface area contributed by atoms with E-state index in [0.29, 0.717) is 0 Å². The minimum atomic E-state index is -4.18. The van der Waals surface area contributed by atoms with Gasteiger partial charge in [0, 0.05) is 18.7 Å². The maximum absolute atomic E-state index is 10.3. The quantitative estimate of drug-likeness (QED) is 0.638. The molecule has 1 aromatic heterocycles. The molecule has 0 unspecified atom stereocenters. The highest BCUT2D eigenvalue weighted by molar-refractivity contribution is 7.59. The van der Waals surface area contributed by atoms with E-state index in [-0.39, 0.29) is 5.44 Å². The maximum atomic E-state index is 10.3. The number of oxime groups is 1. The van der Waals surface area contributed by atoms with Crippen LogP contribution in [0.3, 0.4) is 0 Å². The highest BCUT2D eigenvalue weighted by Gasteiger charge is 2.19. The second-order valence-electron chi connectivity index (χ2n) is 2.31. The van der Waals surface area contributed by atoms with Crippen molar-refractivity contribution in [3.8, 4) is 0 Å². The first kappa shape index (κ1) is 10.9. The van der Waals surface area contributed by atoms with Gasteiger partial charge in [-0.05, 0) is 0 Å². The van der Waals surface area contributed by atoms with E-state index in [9.17, 15) is 4.57 Å². The topological polar surface area (TPSA) is 105 Å². The smallest absolute Gasteiger partial charge is 0.377 e. The Labute approximate surface area is 79.5 Å². The van der Waals surface area contributed by atoms with Crippen molar-refractivity contribution in [1.82, 2.24) is 5.16 Å². The van der Waals surface area contributed by atoms with Gasteiger partial charge in [0.1, 0.15) is 12.9 Å². The summed E-state index contributed by atoms with van der Waals surface area (Å²) in [5.41, 5.74) is -0.331. The predicted molar refractivity (Wildman–Crippen MR) is 47.2 cm³/mol. The Balaban J connectivity index is 0.000000165. The van der Waals surface area contributed by atoms with Crippen molar-refractivity contribution in [1.29, 1.82) is 0 Å². The highest BCUT2D eigenvalue weighted by Crippen LogP contribution is 2.31. The Morgan fingerprint density at radius 1 is 1.50 bits per heavy atom. The molecule has 0 bridgehead atoms. The Bertz CT molecular complexity index is 324. The SMILES string of the molecule is C1=NOCC1.O=P(O)(O)c1ccon1. The summed E-state index contributed by atoms with van der Waals surface area (Å²) in [5, 5.41) is 6.51. The lowest BCUT2D eigenvalue weighted by Gasteiger charge is -1.93. The molecule has 1 aliphatic heterocycles. The van der Waals surface area contributed by atoms with Crippen LogP contribution in [0.25, 0.3) is 0 Å². The molecule has 78 valence electrons. The van der Waals surface area contributed by atoms with Crippen LogP contribution in [0.2, 0.25) is 0 Å². The lowest BCUT2D eigenvalue weighted by Crippen LogP contribution is -2.02. The molecule has 1 aliphatic rings. The number of aromatic nitrogens is 1. The zero-order chi connectivity index (χ0) is 10.4. The molecule has 2 rings (SSSR count). The predicted octanol–water partition coefficient (Wildman–Crippen LogP) is -0.130. The van der Waals surface area contributed by atoms with Crippen LogP contribution in [0.4, 0.5) is 0 Å². The van der Waals surface area contributed by atoms with Crippen molar-refractivity contribution in [2.24, 2.45) is 5.16 Å². The molecular weight excluding hydrogens is 211 g/mol. The van der Waals surface area contributed by atoms with Crippen molar-refractivity contribution in [2.75, 3.05) is 6.61 Å². The molecule has 0 fully saturated rings. The number of nitrogens with zero attached hydrogens (tertiary/aromatic N) is 2. The molecule has 0 atom stereocenters. The van der Waals surface area contributed by atoms with E-state index in [1.165, 1.54) is 0 Å². The van der Waals surface area contributed by atoms with E-state index in [1.807, 2.05) is 0 Å². The van der Waals surface area contributed by atoms with Crippen LogP contribution in [0.5, 0.6) is 0 Å². The molecule has 2 heterocycles. The first-order valence-electron chi connectivity index (χ1n) is 3.71. The first-order chi connectivity index (χ1) is 6.61. The van der Waals surface area contributed by atoms with Gasteiger partial charge in [0.25, 0.3) is 0 Å². The van der Waals surface area contributed by atoms with Crippen LogP contribution in [-0.2, 0) is 9.40 Å². The van der Waals surface area contributed by atoms with E-state index in [0.717, 1.165) is 25.4 Å². The highest BCUT2D eigenvalue weighted by atomic mass is 31.2. The second-order valence-corrected chi connectivity index (χ2v) is 3.86. The third kappa shape index (κ3) is 3.69. The van der Waals surface area contributed by atoms with Crippen molar-refractivity contribution in [2.45, 2.75) is 6.42 Å². The lowest BCUT2D eigenvalue weighted by molar-refractivity contribution is 0.174. The van der Waals surface area contributed by atoms with E-state index in [4.69, 9.17) is 9.79 Å².